The summed E-state index contributed by atoms with van der Waals surface area (Å²) < 4.78 is 5.29. The normalized spacial score (nSPS) is 13.7. The number of benzene rings is 2. The summed E-state index contributed by atoms with van der Waals surface area (Å²) in [5.74, 6) is 0.507. The molecule has 2 heterocycles. The molecule has 0 fully saturated rings. The molecule has 0 unspecified atom stereocenters. The van der Waals surface area contributed by atoms with Crippen molar-refractivity contribution < 1.29 is 14.3 Å². The first-order valence-corrected chi connectivity index (χ1v) is 12.4. The fraction of sp³-hybridized carbons (Fsp3) is 0.310. The van der Waals surface area contributed by atoms with Gasteiger partial charge in [0, 0.05) is 35.7 Å². The van der Waals surface area contributed by atoms with E-state index in [1.165, 1.54) is 0 Å². The monoisotopic (exact) mass is 486 g/mol. The van der Waals surface area contributed by atoms with E-state index in [9.17, 15) is 9.59 Å². The van der Waals surface area contributed by atoms with Gasteiger partial charge in [-0.25, -0.2) is 0 Å². The number of ether oxygens (including phenoxy) is 1. The Morgan fingerprint density at radius 1 is 1.08 bits per heavy atom. The van der Waals surface area contributed by atoms with Crippen LogP contribution in [-0.2, 0) is 4.79 Å². The molecule has 0 saturated carbocycles. The van der Waals surface area contributed by atoms with Gasteiger partial charge in [0.2, 0.25) is 0 Å². The van der Waals surface area contributed by atoms with Crippen molar-refractivity contribution in [3.05, 3.63) is 70.5 Å². The largest absolute Gasteiger partial charge is 0.497 e. The number of methoxy groups -OCH3 is 1. The SMILES string of the molecule is CCN(CC)CCNC(=O)c1c(C)[nH]c(/C=C2\C(=O)Nc3cccc(-c4ccc(OC)cc4)c32)c1C. The van der Waals surface area contributed by atoms with Gasteiger partial charge in [-0.1, -0.05) is 38.1 Å². The minimum Gasteiger partial charge on any atom is -0.497 e. The van der Waals surface area contributed by atoms with Gasteiger partial charge < -0.3 is 25.3 Å². The number of aromatic nitrogens is 1. The zero-order valence-electron chi connectivity index (χ0n) is 21.6. The first kappa shape index (κ1) is 25.3. The molecule has 3 aromatic rings. The van der Waals surface area contributed by atoms with Crippen molar-refractivity contribution in [3.8, 4) is 16.9 Å². The van der Waals surface area contributed by atoms with Gasteiger partial charge >= 0.3 is 0 Å². The molecule has 4 rings (SSSR count). The van der Waals surface area contributed by atoms with E-state index in [0.717, 1.165) is 64.7 Å². The molecule has 2 amide bonds. The fourth-order valence-corrected chi connectivity index (χ4v) is 4.76. The zero-order chi connectivity index (χ0) is 25.8. The molecule has 1 aliphatic rings. The number of nitrogens with one attached hydrogen (secondary N) is 3. The van der Waals surface area contributed by atoms with Crippen LogP contribution in [0, 0.1) is 13.8 Å². The number of aromatic amines is 1. The van der Waals surface area contributed by atoms with Crippen molar-refractivity contribution in [2.75, 3.05) is 38.6 Å². The van der Waals surface area contributed by atoms with Crippen LogP contribution in [-0.4, -0.2) is 55.0 Å². The number of carbonyl (C=O) groups excluding carboxylic acids is 2. The van der Waals surface area contributed by atoms with E-state index in [1.54, 1.807) is 7.11 Å². The van der Waals surface area contributed by atoms with Gasteiger partial charge in [-0.05, 0) is 67.9 Å². The summed E-state index contributed by atoms with van der Waals surface area (Å²) in [6.07, 6.45) is 1.85. The number of nitrogens with zero attached hydrogens (tertiary/aromatic N) is 1. The summed E-state index contributed by atoms with van der Waals surface area (Å²) in [5.41, 5.74) is 7.11. The fourth-order valence-electron chi connectivity index (χ4n) is 4.76. The maximum atomic E-state index is 13.0. The summed E-state index contributed by atoms with van der Waals surface area (Å²) in [6.45, 7) is 11.3. The van der Waals surface area contributed by atoms with Crippen molar-refractivity contribution in [2.24, 2.45) is 0 Å². The minimum atomic E-state index is -0.164. The number of rotatable bonds is 9. The molecule has 36 heavy (non-hydrogen) atoms. The van der Waals surface area contributed by atoms with Gasteiger partial charge in [-0.15, -0.1) is 0 Å². The number of amides is 2. The van der Waals surface area contributed by atoms with E-state index in [-0.39, 0.29) is 11.8 Å². The smallest absolute Gasteiger partial charge is 0.256 e. The van der Waals surface area contributed by atoms with Crippen molar-refractivity contribution in [1.29, 1.82) is 0 Å². The summed E-state index contributed by atoms with van der Waals surface area (Å²) in [6, 6.07) is 13.6. The summed E-state index contributed by atoms with van der Waals surface area (Å²) >= 11 is 0. The summed E-state index contributed by atoms with van der Waals surface area (Å²) in [7, 11) is 1.64. The molecule has 1 aliphatic heterocycles. The van der Waals surface area contributed by atoms with Crippen LogP contribution < -0.4 is 15.4 Å². The number of hydrogen-bond acceptors (Lipinski definition) is 4. The lowest BCUT2D eigenvalue weighted by molar-refractivity contribution is -0.110. The molecular weight excluding hydrogens is 452 g/mol. The maximum Gasteiger partial charge on any atom is 0.256 e. The van der Waals surface area contributed by atoms with Gasteiger partial charge in [0.05, 0.1) is 18.2 Å². The number of aryl methyl sites for hydroxylation is 1. The third-order valence-corrected chi connectivity index (χ3v) is 6.83. The number of carbonyl (C=O) groups is 2. The molecule has 0 spiro atoms. The predicted octanol–water partition coefficient (Wildman–Crippen LogP) is 4.87. The molecule has 0 bridgehead atoms. The predicted molar refractivity (Wildman–Crippen MR) is 145 cm³/mol. The standard InChI is InChI=1S/C29H34N4O3/c1-6-33(7-2)16-15-30-29(35)26-18(3)25(31-19(26)4)17-23-27-22(9-8-10-24(27)32-28(23)34)20-11-13-21(36-5)14-12-20/h8-14,17,31H,6-7,15-16H2,1-5H3,(H,30,35)(H,32,34)/b23-17-. The number of hydrogen-bond donors (Lipinski definition) is 3. The number of anilines is 1. The van der Waals surface area contributed by atoms with Crippen molar-refractivity contribution in [2.45, 2.75) is 27.7 Å². The number of fused-ring (bicyclic) bond motifs is 1. The van der Waals surface area contributed by atoms with Gasteiger partial charge in [-0.3, -0.25) is 9.59 Å². The first-order valence-electron chi connectivity index (χ1n) is 12.4. The van der Waals surface area contributed by atoms with E-state index in [4.69, 9.17) is 4.74 Å². The Balaban J connectivity index is 1.66. The molecule has 7 heteroatoms. The second kappa shape index (κ2) is 10.8. The van der Waals surface area contributed by atoms with Crippen molar-refractivity contribution >= 4 is 29.2 Å². The molecular formula is C29H34N4O3. The molecule has 0 radical (unpaired) electrons. The lowest BCUT2D eigenvalue weighted by Crippen LogP contribution is -2.35. The van der Waals surface area contributed by atoms with Gasteiger partial charge in [0.25, 0.3) is 11.8 Å². The van der Waals surface area contributed by atoms with Crippen LogP contribution in [0.1, 0.15) is 46.7 Å². The molecule has 0 aliphatic carbocycles. The third-order valence-electron chi connectivity index (χ3n) is 6.83. The van der Waals surface area contributed by atoms with Gasteiger partial charge in [0.15, 0.2) is 0 Å². The Bertz CT molecular complexity index is 1300. The zero-order valence-corrected chi connectivity index (χ0v) is 21.6. The lowest BCUT2D eigenvalue weighted by atomic mass is 9.94. The number of likely N-dealkylation sites (N-methyl/N-ethyl adjacent to an activating group) is 1. The lowest BCUT2D eigenvalue weighted by Gasteiger charge is -2.18. The molecule has 3 N–H and O–H groups in total. The first-order chi connectivity index (χ1) is 17.4. The Hall–Kier alpha value is -3.84. The second-order valence-electron chi connectivity index (χ2n) is 8.92. The molecule has 7 nitrogen and oxygen atoms in total. The molecule has 2 aromatic carbocycles. The van der Waals surface area contributed by atoms with Crippen LogP contribution in [0.15, 0.2) is 42.5 Å². The van der Waals surface area contributed by atoms with Crippen molar-refractivity contribution in [3.63, 3.8) is 0 Å². The third kappa shape index (κ3) is 4.93. The van der Waals surface area contributed by atoms with E-state index in [0.29, 0.717) is 17.7 Å². The van der Waals surface area contributed by atoms with E-state index in [1.807, 2.05) is 62.4 Å². The average molecular weight is 487 g/mol. The molecule has 1 aromatic heterocycles. The van der Waals surface area contributed by atoms with Crippen LogP contribution in [0.5, 0.6) is 5.75 Å². The topological polar surface area (TPSA) is 86.5 Å². The summed E-state index contributed by atoms with van der Waals surface area (Å²) in [4.78, 5) is 31.6. The minimum absolute atomic E-state index is 0.103. The highest BCUT2D eigenvalue weighted by Gasteiger charge is 2.28. The highest BCUT2D eigenvalue weighted by Crippen LogP contribution is 2.41. The number of H-pyrrole nitrogens is 1. The molecule has 0 atom stereocenters. The Morgan fingerprint density at radius 3 is 2.47 bits per heavy atom. The molecule has 0 saturated heterocycles. The van der Waals surface area contributed by atoms with Crippen molar-refractivity contribution in [1.82, 2.24) is 15.2 Å². The summed E-state index contributed by atoms with van der Waals surface area (Å²) in [5, 5.41) is 6.02. The van der Waals surface area contributed by atoms with E-state index < -0.39 is 0 Å². The van der Waals surface area contributed by atoms with Crippen LogP contribution >= 0.6 is 0 Å². The Kier molecular flexibility index (Phi) is 7.60. The second-order valence-corrected chi connectivity index (χ2v) is 8.92. The van der Waals surface area contributed by atoms with Crippen LogP contribution in [0.2, 0.25) is 0 Å². The highest BCUT2D eigenvalue weighted by molar-refractivity contribution is 6.36. The van der Waals surface area contributed by atoms with Crippen LogP contribution in [0.3, 0.4) is 0 Å². The van der Waals surface area contributed by atoms with Crippen LogP contribution in [0.25, 0.3) is 22.8 Å². The Labute approximate surface area is 212 Å². The van der Waals surface area contributed by atoms with Gasteiger partial charge in [-0.2, -0.15) is 0 Å². The van der Waals surface area contributed by atoms with Crippen LogP contribution in [0.4, 0.5) is 5.69 Å². The Morgan fingerprint density at radius 2 is 1.81 bits per heavy atom. The van der Waals surface area contributed by atoms with E-state index in [2.05, 4.69) is 34.4 Å². The quantitative estimate of drug-likeness (QED) is 0.377. The average Bonchev–Trinajstić information content (AvgIpc) is 3.36. The van der Waals surface area contributed by atoms with E-state index >= 15 is 0 Å². The maximum absolute atomic E-state index is 13.0. The van der Waals surface area contributed by atoms with Gasteiger partial charge in [0.1, 0.15) is 5.75 Å². The highest BCUT2D eigenvalue weighted by atomic mass is 16.5. The molecule has 188 valence electrons.